The quantitative estimate of drug-likeness (QED) is 0.546. The van der Waals surface area contributed by atoms with Crippen molar-refractivity contribution in [2.45, 2.75) is 6.92 Å². The van der Waals surface area contributed by atoms with Crippen molar-refractivity contribution < 1.29 is 23.5 Å². The molecular formula is C20H18N2O5. The molecule has 1 N–H and O–H groups in total. The van der Waals surface area contributed by atoms with Gasteiger partial charge in [0.2, 0.25) is 5.89 Å². The second-order valence-electron chi connectivity index (χ2n) is 5.77. The maximum Gasteiger partial charge on any atom is 0.354 e. The zero-order valence-electron chi connectivity index (χ0n) is 15.1. The molecule has 1 heterocycles. The van der Waals surface area contributed by atoms with Crippen LogP contribution in [0.4, 0.5) is 5.69 Å². The van der Waals surface area contributed by atoms with Gasteiger partial charge in [0.1, 0.15) is 11.2 Å². The third kappa shape index (κ3) is 4.14. The zero-order valence-corrected chi connectivity index (χ0v) is 15.1. The van der Waals surface area contributed by atoms with Gasteiger partial charge in [0.05, 0.1) is 20.3 Å². The van der Waals surface area contributed by atoms with Crippen LogP contribution in [0.1, 0.15) is 5.56 Å². The van der Waals surface area contributed by atoms with E-state index in [2.05, 4.69) is 19.8 Å². The molecule has 138 valence electrons. The van der Waals surface area contributed by atoms with Crippen molar-refractivity contribution in [3.05, 3.63) is 59.8 Å². The average molecular weight is 366 g/mol. The molecule has 7 heteroatoms. The first-order valence-corrected chi connectivity index (χ1v) is 8.13. The Morgan fingerprint density at radius 3 is 2.48 bits per heavy atom. The topological polar surface area (TPSA) is 90.7 Å². The second-order valence-corrected chi connectivity index (χ2v) is 5.77. The second kappa shape index (κ2) is 7.74. The van der Waals surface area contributed by atoms with E-state index in [-0.39, 0.29) is 5.70 Å². The first-order chi connectivity index (χ1) is 13.0. The molecule has 0 atom stereocenters. The Morgan fingerprint density at radius 1 is 1.07 bits per heavy atom. The molecule has 0 unspecified atom stereocenters. The molecule has 0 saturated carbocycles. The van der Waals surface area contributed by atoms with Gasteiger partial charge in [-0.25, -0.2) is 14.6 Å². The molecule has 7 nitrogen and oxygen atoms in total. The van der Waals surface area contributed by atoms with E-state index in [4.69, 9.17) is 4.42 Å². The van der Waals surface area contributed by atoms with Crippen molar-refractivity contribution in [3.63, 3.8) is 0 Å². The number of oxazole rings is 1. The monoisotopic (exact) mass is 366 g/mol. The number of aryl methyl sites for hydroxylation is 1. The summed E-state index contributed by atoms with van der Waals surface area (Å²) < 4.78 is 15.0. The molecule has 0 bridgehead atoms. The Labute approximate surface area is 155 Å². The fourth-order valence-electron chi connectivity index (χ4n) is 2.41. The maximum atomic E-state index is 11.9. The van der Waals surface area contributed by atoms with Gasteiger partial charge in [-0.1, -0.05) is 17.7 Å². The van der Waals surface area contributed by atoms with Gasteiger partial charge in [-0.2, -0.15) is 0 Å². The van der Waals surface area contributed by atoms with Crippen LogP contribution in [0.25, 0.3) is 22.6 Å². The van der Waals surface area contributed by atoms with E-state index in [9.17, 15) is 9.59 Å². The van der Waals surface area contributed by atoms with Crippen LogP contribution in [0.2, 0.25) is 0 Å². The predicted octanol–water partition coefficient (Wildman–Crippen LogP) is 3.45. The van der Waals surface area contributed by atoms with E-state index in [1.807, 2.05) is 31.2 Å². The summed E-state index contributed by atoms with van der Waals surface area (Å²) in [6.07, 6.45) is 1.02. The predicted molar refractivity (Wildman–Crippen MR) is 99.9 cm³/mol. The molecule has 0 fully saturated rings. The summed E-state index contributed by atoms with van der Waals surface area (Å²) in [5.41, 5.74) is 3.73. The molecule has 0 radical (unpaired) electrons. The fraction of sp³-hybridized carbons (Fsp3) is 0.150. The highest BCUT2D eigenvalue weighted by Crippen LogP contribution is 2.27. The minimum atomic E-state index is -0.694. The number of carbonyl (C=O) groups excluding carboxylic acids is 2. The summed E-state index contributed by atoms with van der Waals surface area (Å²) in [4.78, 5) is 27.8. The normalized spacial score (nSPS) is 11.3. The number of carbonyl (C=O) groups is 2. The van der Waals surface area contributed by atoms with Gasteiger partial charge >= 0.3 is 11.9 Å². The number of nitrogens with one attached hydrogen (secondary N) is 1. The van der Waals surface area contributed by atoms with Crippen molar-refractivity contribution in [1.29, 1.82) is 0 Å². The molecule has 0 amide bonds. The summed E-state index contributed by atoms with van der Waals surface area (Å²) >= 11 is 0. The fourth-order valence-corrected chi connectivity index (χ4v) is 2.41. The number of nitrogens with zero attached hydrogens (tertiary/aromatic N) is 1. The van der Waals surface area contributed by atoms with Crippen molar-refractivity contribution in [2.75, 3.05) is 19.5 Å². The molecule has 3 aromatic rings. The Morgan fingerprint density at radius 2 is 1.81 bits per heavy atom. The lowest BCUT2D eigenvalue weighted by Gasteiger charge is -2.08. The summed E-state index contributed by atoms with van der Waals surface area (Å²) in [6, 6.07) is 13.0. The number of hydrogen-bond donors (Lipinski definition) is 1. The Balaban J connectivity index is 1.91. The molecule has 27 heavy (non-hydrogen) atoms. The number of hydrogen-bond acceptors (Lipinski definition) is 7. The SMILES string of the molecule is COC(=O)/C=C(/Nc1ccc2oc(-c3ccc(C)cc3)nc2c1)C(=O)OC. The van der Waals surface area contributed by atoms with Crippen molar-refractivity contribution in [3.8, 4) is 11.5 Å². The average Bonchev–Trinajstić information content (AvgIpc) is 3.10. The Kier molecular flexibility index (Phi) is 5.21. The highest BCUT2D eigenvalue weighted by Gasteiger charge is 2.14. The van der Waals surface area contributed by atoms with Crippen molar-refractivity contribution in [2.24, 2.45) is 0 Å². The highest BCUT2D eigenvalue weighted by atomic mass is 16.5. The van der Waals surface area contributed by atoms with Crippen LogP contribution in [-0.4, -0.2) is 31.1 Å². The van der Waals surface area contributed by atoms with Crippen LogP contribution in [0.3, 0.4) is 0 Å². The number of fused-ring (bicyclic) bond motifs is 1. The molecule has 0 aliphatic rings. The summed E-state index contributed by atoms with van der Waals surface area (Å²) in [7, 11) is 2.45. The van der Waals surface area contributed by atoms with Crippen LogP contribution in [0, 0.1) is 6.92 Å². The van der Waals surface area contributed by atoms with Gasteiger partial charge in [0, 0.05) is 11.3 Å². The van der Waals surface area contributed by atoms with E-state index in [1.54, 1.807) is 18.2 Å². The van der Waals surface area contributed by atoms with Crippen LogP contribution >= 0.6 is 0 Å². The molecule has 3 rings (SSSR count). The number of ether oxygens (including phenoxy) is 2. The van der Waals surface area contributed by atoms with Gasteiger partial charge in [0.25, 0.3) is 0 Å². The minimum absolute atomic E-state index is 0.0500. The van der Waals surface area contributed by atoms with Crippen LogP contribution in [0.15, 0.2) is 58.7 Å². The van der Waals surface area contributed by atoms with Gasteiger partial charge in [-0.3, -0.25) is 0 Å². The van der Waals surface area contributed by atoms with Gasteiger partial charge in [-0.15, -0.1) is 0 Å². The van der Waals surface area contributed by atoms with Crippen LogP contribution in [-0.2, 0) is 19.1 Å². The van der Waals surface area contributed by atoms with E-state index >= 15 is 0 Å². The van der Waals surface area contributed by atoms with Crippen molar-refractivity contribution >= 4 is 28.7 Å². The van der Waals surface area contributed by atoms with Crippen molar-refractivity contribution in [1.82, 2.24) is 4.98 Å². The van der Waals surface area contributed by atoms with E-state index in [1.165, 1.54) is 14.2 Å². The third-order valence-corrected chi connectivity index (χ3v) is 3.83. The number of rotatable bonds is 5. The summed E-state index contributed by atoms with van der Waals surface area (Å²) in [6.45, 7) is 2.01. The molecule has 2 aromatic carbocycles. The highest BCUT2D eigenvalue weighted by molar-refractivity contribution is 5.99. The molecule has 1 aromatic heterocycles. The number of esters is 2. The number of aromatic nitrogens is 1. The van der Waals surface area contributed by atoms with Gasteiger partial charge in [0.15, 0.2) is 5.58 Å². The molecule has 0 aliphatic carbocycles. The first kappa shape index (κ1) is 18.2. The lowest BCUT2D eigenvalue weighted by molar-refractivity contribution is -0.138. The summed E-state index contributed by atoms with van der Waals surface area (Å²) in [5, 5.41) is 2.85. The summed E-state index contributed by atoms with van der Waals surface area (Å²) in [5.74, 6) is -0.867. The number of benzene rings is 2. The zero-order chi connectivity index (χ0) is 19.4. The third-order valence-electron chi connectivity index (χ3n) is 3.83. The molecule has 0 spiro atoms. The Bertz CT molecular complexity index is 1020. The lowest BCUT2D eigenvalue weighted by atomic mass is 10.1. The molecular weight excluding hydrogens is 348 g/mol. The standard InChI is InChI=1S/C20H18N2O5/c1-12-4-6-13(7-5-12)19-22-15-10-14(8-9-17(15)27-19)21-16(20(24)26-3)11-18(23)25-2/h4-11,21H,1-3H3/b16-11+. The smallest absolute Gasteiger partial charge is 0.354 e. The molecule has 0 aliphatic heterocycles. The first-order valence-electron chi connectivity index (χ1n) is 8.13. The van der Waals surface area contributed by atoms with Gasteiger partial charge in [-0.05, 0) is 37.3 Å². The number of methoxy groups -OCH3 is 2. The van der Waals surface area contributed by atoms with Crippen LogP contribution in [0.5, 0.6) is 0 Å². The van der Waals surface area contributed by atoms with Crippen LogP contribution < -0.4 is 5.32 Å². The minimum Gasteiger partial charge on any atom is -0.466 e. The van der Waals surface area contributed by atoms with E-state index in [0.29, 0.717) is 22.7 Å². The largest absolute Gasteiger partial charge is 0.466 e. The van der Waals surface area contributed by atoms with E-state index in [0.717, 1.165) is 17.2 Å². The lowest BCUT2D eigenvalue weighted by Crippen LogP contribution is -2.15. The number of anilines is 1. The molecule has 0 saturated heterocycles. The van der Waals surface area contributed by atoms with E-state index < -0.39 is 11.9 Å². The Hall–Kier alpha value is -3.61. The maximum absolute atomic E-state index is 11.9. The van der Waals surface area contributed by atoms with Gasteiger partial charge < -0.3 is 19.2 Å².